The Bertz CT molecular complexity index is 605. The topological polar surface area (TPSA) is 26.4 Å². The van der Waals surface area contributed by atoms with Crippen molar-refractivity contribution >= 4 is 11.6 Å². The fraction of sp³-hybridized carbons (Fsp3) is 0.200. The zero-order valence-electron chi connectivity index (χ0n) is 10.4. The SMILES string of the molecule is [C-]#[N+]c1ccc(C(C)=O)n1[C@H](C)c1ccccc1. The normalized spacial score (nSPS) is 11.8. The molecule has 0 spiro atoms. The van der Waals surface area contributed by atoms with Gasteiger partial charge in [-0.1, -0.05) is 36.9 Å². The molecule has 0 fully saturated rings. The highest BCUT2D eigenvalue weighted by molar-refractivity contribution is 5.93. The van der Waals surface area contributed by atoms with E-state index in [1.807, 2.05) is 37.3 Å². The predicted octanol–water partition coefficient (Wildman–Crippen LogP) is 3.85. The Kier molecular flexibility index (Phi) is 3.29. The number of nitrogens with zero attached hydrogens (tertiary/aromatic N) is 2. The third-order valence-corrected chi connectivity index (χ3v) is 3.04. The van der Waals surface area contributed by atoms with Crippen molar-refractivity contribution in [1.82, 2.24) is 4.57 Å². The van der Waals surface area contributed by atoms with Crippen molar-refractivity contribution in [3.63, 3.8) is 0 Å². The first kappa shape index (κ1) is 12.1. The van der Waals surface area contributed by atoms with E-state index in [9.17, 15) is 4.79 Å². The number of hydrogen-bond acceptors (Lipinski definition) is 1. The molecular formula is C15H14N2O. The van der Waals surface area contributed by atoms with Gasteiger partial charge in [-0.2, -0.15) is 0 Å². The minimum atomic E-state index is -0.0239. The van der Waals surface area contributed by atoms with Crippen molar-refractivity contribution in [1.29, 1.82) is 0 Å². The molecule has 2 aromatic rings. The smallest absolute Gasteiger partial charge is 0.231 e. The Hall–Kier alpha value is -2.34. The zero-order valence-corrected chi connectivity index (χ0v) is 10.4. The standard InChI is InChI=1S/C15H14N2O/c1-11(13-7-5-4-6-8-13)17-14(12(2)18)9-10-15(17)16-3/h4-11H,1-2H3/t11-/m1/s1. The van der Waals surface area contributed by atoms with E-state index in [-0.39, 0.29) is 11.8 Å². The molecule has 1 aromatic carbocycles. The van der Waals surface area contributed by atoms with Gasteiger partial charge in [-0.3, -0.25) is 9.36 Å². The van der Waals surface area contributed by atoms with E-state index in [4.69, 9.17) is 6.57 Å². The number of ketones is 1. The van der Waals surface area contributed by atoms with Gasteiger partial charge in [0.15, 0.2) is 11.5 Å². The molecule has 0 unspecified atom stereocenters. The van der Waals surface area contributed by atoms with Gasteiger partial charge in [-0.05, 0) is 24.6 Å². The molecule has 1 aromatic heterocycles. The van der Waals surface area contributed by atoms with Crippen LogP contribution in [0.15, 0.2) is 42.5 Å². The lowest BCUT2D eigenvalue weighted by molar-refractivity contribution is 0.100. The predicted molar refractivity (Wildman–Crippen MR) is 71.0 cm³/mol. The van der Waals surface area contributed by atoms with Gasteiger partial charge in [0, 0.05) is 6.92 Å². The van der Waals surface area contributed by atoms with Crippen molar-refractivity contribution < 1.29 is 4.79 Å². The molecule has 0 N–H and O–H groups in total. The molecule has 0 saturated carbocycles. The van der Waals surface area contributed by atoms with Crippen LogP contribution in [-0.2, 0) is 0 Å². The van der Waals surface area contributed by atoms with Crippen LogP contribution >= 0.6 is 0 Å². The van der Waals surface area contributed by atoms with Crippen molar-refractivity contribution in [2.75, 3.05) is 0 Å². The van der Waals surface area contributed by atoms with Gasteiger partial charge < -0.3 is 4.85 Å². The number of benzene rings is 1. The third kappa shape index (κ3) is 2.05. The van der Waals surface area contributed by atoms with E-state index in [2.05, 4.69) is 4.85 Å². The molecule has 90 valence electrons. The Morgan fingerprint density at radius 3 is 2.44 bits per heavy atom. The zero-order chi connectivity index (χ0) is 13.1. The van der Waals surface area contributed by atoms with Gasteiger partial charge in [0.05, 0.1) is 0 Å². The maximum Gasteiger partial charge on any atom is 0.231 e. The summed E-state index contributed by atoms with van der Waals surface area (Å²) in [5.41, 5.74) is 1.67. The van der Waals surface area contributed by atoms with Gasteiger partial charge in [0.2, 0.25) is 5.82 Å². The van der Waals surface area contributed by atoms with Crippen LogP contribution in [0.4, 0.5) is 5.82 Å². The first-order chi connectivity index (χ1) is 8.65. The maximum absolute atomic E-state index is 11.6. The third-order valence-electron chi connectivity index (χ3n) is 3.04. The molecule has 1 heterocycles. The quantitative estimate of drug-likeness (QED) is 0.589. The molecule has 0 bridgehead atoms. The maximum atomic E-state index is 11.6. The van der Waals surface area contributed by atoms with Crippen LogP contribution in [0.5, 0.6) is 0 Å². The monoisotopic (exact) mass is 238 g/mol. The van der Waals surface area contributed by atoms with Gasteiger partial charge in [-0.25, -0.2) is 0 Å². The van der Waals surface area contributed by atoms with E-state index in [0.29, 0.717) is 11.5 Å². The van der Waals surface area contributed by atoms with E-state index in [1.165, 1.54) is 6.92 Å². The summed E-state index contributed by atoms with van der Waals surface area (Å²) in [5, 5.41) is 0. The second kappa shape index (κ2) is 4.89. The van der Waals surface area contributed by atoms with Crippen LogP contribution < -0.4 is 0 Å². The van der Waals surface area contributed by atoms with Crippen LogP contribution in [0.1, 0.15) is 35.9 Å². The van der Waals surface area contributed by atoms with Gasteiger partial charge >= 0.3 is 0 Å². The highest BCUT2D eigenvalue weighted by atomic mass is 16.1. The fourth-order valence-electron chi connectivity index (χ4n) is 2.10. The fourth-order valence-corrected chi connectivity index (χ4v) is 2.10. The number of aromatic nitrogens is 1. The summed E-state index contributed by atoms with van der Waals surface area (Å²) in [6.07, 6.45) is 0. The molecule has 18 heavy (non-hydrogen) atoms. The molecule has 3 nitrogen and oxygen atoms in total. The molecule has 0 saturated heterocycles. The second-order valence-electron chi connectivity index (χ2n) is 4.20. The van der Waals surface area contributed by atoms with Crippen molar-refractivity contribution in [3.8, 4) is 0 Å². The lowest BCUT2D eigenvalue weighted by atomic mass is 10.1. The number of rotatable bonds is 3. The second-order valence-corrected chi connectivity index (χ2v) is 4.20. The van der Waals surface area contributed by atoms with Crippen molar-refractivity contribution in [2.45, 2.75) is 19.9 Å². The lowest BCUT2D eigenvalue weighted by Crippen LogP contribution is -2.12. The minimum Gasteiger partial charge on any atom is -0.364 e. The molecule has 0 aliphatic carbocycles. The summed E-state index contributed by atoms with van der Waals surface area (Å²) in [5.74, 6) is 0.476. The van der Waals surface area contributed by atoms with Crippen LogP contribution in [0.25, 0.3) is 4.85 Å². The summed E-state index contributed by atoms with van der Waals surface area (Å²) in [7, 11) is 0. The Morgan fingerprint density at radius 1 is 1.22 bits per heavy atom. The summed E-state index contributed by atoms with van der Waals surface area (Å²) in [6.45, 7) is 10.7. The largest absolute Gasteiger partial charge is 0.364 e. The average molecular weight is 238 g/mol. The summed E-state index contributed by atoms with van der Waals surface area (Å²) < 4.78 is 1.80. The van der Waals surface area contributed by atoms with Crippen LogP contribution in [0.3, 0.4) is 0 Å². The summed E-state index contributed by atoms with van der Waals surface area (Å²) >= 11 is 0. The summed E-state index contributed by atoms with van der Waals surface area (Å²) in [4.78, 5) is 15.1. The molecule has 0 amide bonds. The first-order valence-corrected chi connectivity index (χ1v) is 5.79. The molecule has 0 aliphatic rings. The van der Waals surface area contributed by atoms with Crippen molar-refractivity contribution in [3.05, 3.63) is 65.1 Å². The molecular weight excluding hydrogens is 224 g/mol. The number of hydrogen-bond donors (Lipinski definition) is 0. The highest BCUT2D eigenvalue weighted by Crippen LogP contribution is 2.28. The van der Waals surface area contributed by atoms with Gasteiger partial charge in [0.25, 0.3) is 0 Å². The van der Waals surface area contributed by atoms with Crippen LogP contribution in [-0.4, -0.2) is 10.4 Å². The van der Waals surface area contributed by atoms with E-state index >= 15 is 0 Å². The molecule has 1 atom stereocenters. The van der Waals surface area contributed by atoms with Gasteiger partial charge in [-0.15, -0.1) is 0 Å². The van der Waals surface area contributed by atoms with Gasteiger partial charge in [0.1, 0.15) is 6.04 Å². The molecule has 2 rings (SSSR count). The van der Waals surface area contributed by atoms with Crippen LogP contribution in [0.2, 0.25) is 0 Å². The number of carbonyl (C=O) groups is 1. The summed E-state index contributed by atoms with van der Waals surface area (Å²) in [6, 6.07) is 13.3. The lowest BCUT2D eigenvalue weighted by Gasteiger charge is -2.15. The highest BCUT2D eigenvalue weighted by Gasteiger charge is 2.20. The number of Topliss-reactive ketones (excluding diaryl/α,β-unsaturated/α-hetero) is 1. The minimum absolute atomic E-state index is 0.0207. The van der Waals surface area contributed by atoms with E-state index in [1.54, 1.807) is 16.7 Å². The average Bonchev–Trinajstić information content (AvgIpc) is 2.82. The Morgan fingerprint density at radius 2 is 1.89 bits per heavy atom. The van der Waals surface area contributed by atoms with Crippen LogP contribution in [0, 0.1) is 6.57 Å². The molecule has 0 radical (unpaired) electrons. The van der Waals surface area contributed by atoms with E-state index in [0.717, 1.165) is 5.56 Å². The Labute approximate surface area is 106 Å². The molecule has 3 heteroatoms. The number of carbonyl (C=O) groups excluding carboxylic acids is 1. The van der Waals surface area contributed by atoms with E-state index < -0.39 is 0 Å². The molecule has 0 aliphatic heterocycles. The van der Waals surface area contributed by atoms with Crippen molar-refractivity contribution in [2.24, 2.45) is 0 Å². The Balaban J connectivity index is 2.54. The first-order valence-electron chi connectivity index (χ1n) is 5.79.